The number of likely N-dealkylation sites (tertiary alicyclic amines) is 1. The third kappa shape index (κ3) is 4.95. The Labute approximate surface area is 174 Å². The minimum Gasteiger partial charge on any atom is -0.375 e. The van der Waals surface area contributed by atoms with Gasteiger partial charge in [-0.2, -0.15) is 0 Å². The van der Waals surface area contributed by atoms with E-state index in [1.807, 2.05) is 4.90 Å². The van der Waals surface area contributed by atoms with Crippen LogP contribution in [0.4, 0.5) is 0 Å². The molecular formula is C22H35N5O2. The number of carbonyl (C=O) groups excluding carboxylic acids is 1. The molecule has 1 atom stereocenters. The molecule has 0 aliphatic carbocycles. The fraction of sp³-hybridized carbons (Fsp3) is 0.773. The molecule has 0 aromatic carbocycles. The highest BCUT2D eigenvalue weighted by Gasteiger charge is 2.43. The highest BCUT2D eigenvalue weighted by Crippen LogP contribution is 2.37. The molecular weight excluding hydrogens is 366 g/mol. The Balaban J connectivity index is 1.29. The van der Waals surface area contributed by atoms with Crippen LogP contribution in [-0.4, -0.2) is 94.6 Å². The summed E-state index contributed by atoms with van der Waals surface area (Å²) in [5.74, 6) is 0.726. The average molecular weight is 402 g/mol. The standard InChI is InChI=1S/C22H35N5O2/c1-18(2)17-25-10-12-26(13-11-25)19-3-14-29-22(15-19)4-8-27(9-5-22)21(28)20-16-23-6-7-24-20/h6-7,16,18-19H,3-5,8-15,17H2,1-2H3. The molecule has 1 aromatic heterocycles. The monoisotopic (exact) mass is 401 g/mol. The summed E-state index contributed by atoms with van der Waals surface area (Å²) in [6, 6.07) is 0.618. The van der Waals surface area contributed by atoms with Crippen LogP contribution in [0.25, 0.3) is 0 Å². The normalized spacial score (nSPS) is 26.2. The third-order valence-electron chi connectivity index (χ3n) is 6.76. The molecule has 3 saturated heterocycles. The number of hydrogen-bond donors (Lipinski definition) is 0. The van der Waals surface area contributed by atoms with Crippen LogP contribution in [0.5, 0.6) is 0 Å². The molecule has 160 valence electrons. The van der Waals surface area contributed by atoms with Gasteiger partial charge in [0.2, 0.25) is 0 Å². The van der Waals surface area contributed by atoms with Crippen molar-refractivity contribution < 1.29 is 9.53 Å². The summed E-state index contributed by atoms with van der Waals surface area (Å²) >= 11 is 0. The Bertz CT molecular complexity index is 667. The second-order valence-electron chi connectivity index (χ2n) is 9.29. The lowest BCUT2D eigenvalue weighted by Crippen LogP contribution is -2.57. The van der Waals surface area contributed by atoms with E-state index in [1.54, 1.807) is 18.6 Å². The molecule has 4 rings (SSSR count). The van der Waals surface area contributed by atoms with Crippen molar-refractivity contribution in [2.45, 2.75) is 51.2 Å². The fourth-order valence-electron chi connectivity index (χ4n) is 5.18. The van der Waals surface area contributed by atoms with E-state index in [-0.39, 0.29) is 11.5 Å². The van der Waals surface area contributed by atoms with Crippen molar-refractivity contribution >= 4 is 5.91 Å². The van der Waals surface area contributed by atoms with Gasteiger partial charge in [-0.15, -0.1) is 0 Å². The number of piperazine rings is 1. The second kappa shape index (κ2) is 9.06. The topological polar surface area (TPSA) is 61.8 Å². The lowest BCUT2D eigenvalue weighted by Gasteiger charge is -2.49. The van der Waals surface area contributed by atoms with E-state index in [1.165, 1.54) is 32.7 Å². The van der Waals surface area contributed by atoms with Crippen molar-refractivity contribution in [1.29, 1.82) is 0 Å². The highest BCUT2D eigenvalue weighted by molar-refractivity contribution is 5.92. The summed E-state index contributed by atoms with van der Waals surface area (Å²) in [5.41, 5.74) is 0.377. The molecule has 0 radical (unpaired) electrons. The van der Waals surface area contributed by atoms with Crippen LogP contribution in [0, 0.1) is 5.92 Å². The second-order valence-corrected chi connectivity index (χ2v) is 9.29. The Morgan fingerprint density at radius 2 is 1.93 bits per heavy atom. The summed E-state index contributed by atoms with van der Waals surface area (Å²) < 4.78 is 6.33. The summed E-state index contributed by atoms with van der Waals surface area (Å²) in [6.07, 6.45) is 8.80. The largest absolute Gasteiger partial charge is 0.375 e. The Morgan fingerprint density at radius 1 is 1.17 bits per heavy atom. The first kappa shape index (κ1) is 20.7. The molecule has 0 N–H and O–H groups in total. The van der Waals surface area contributed by atoms with E-state index in [0.29, 0.717) is 11.7 Å². The number of amides is 1. The predicted octanol–water partition coefficient (Wildman–Crippen LogP) is 1.90. The van der Waals surface area contributed by atoms with Gasteiger partial charge in [0.25, 0.3) is 5.91 Å². The van der Waals surface area contributed by atoms with E-state index in [0.717, 1.165) is 51.3 Å². The van der Waals surface area contributed by atoms with Crippen LogP contribution in [0.15, 0.2) is 18.6 Å². The summed E-state index contributed by atoms with van der Waals surface area (Å²) in [5, 5.41) is 0. The Kier molecular flexibility index (Phi) is 6.47. The van der Waals surface area contributed by atoms with Crippen LogP contribution in [-0.2, 0) is 4.74 Å². The number of aromatic nitrogens is 2. The zero-order valence-corrected chi connectivity index (χ0v) is 17.9. The number of rotatable bonds is 4. The van der Waals surface area contributed by atoms with Gasteiger partial charge in [-0.25, -0.2) is 4.98 Å². The molecule has 3 aliphatic heterocycles. The van der Waals surface area contributed by atoms with Gasteiger partial charge in [0.05, 0.1) is 11.8 Å². The maximum absolute atomic E-state index is 12.7. The van der Waals surface area contributed by atoms with Crippen molar-refractivity contribution in [3.63, 3.8) is 0 Å². The minimum absolute atomic E-state index is 0.0124. The molecule has 7 heteroatoms. The third-order valence-corrected chi connectivity index (χ3v) is 6.76. The molecule has 1 spiro atoms. The lowest BCUT2D eigenvalue weighted by molar-refractivity contribution is -0.132. The lowest BCUT2D eigenvalue weighted by atomic mass is 9.81. The summed E-state index contributed by atoms with van der Waals surface area (Å²) in [6.45, 7) is 12.8. The van der Waals surface area contributed by atoms with Gasteiger partial charge in [0, 0.05) is 70.9 Å². The molecule has 4 heterocycles. The van der Waals surface area contributed by atoms with E-state index in [4.69, 9.17) is 4.74 Å². The molecule has 0 bridgehead atoms. The van der Waals surface area contributed by atoms with Crippen LogP contribution in [0.1, 0.15) is 50.0 Å². The van der Waals surface area contributed by atoms with E-state index >= 15 is 0 Å². The molecule has 1 unspecified atom stereocenters. The summed E-state index contributed by atoms with van der Waals surface area (Å²) in [4.78, 5) is 28.0. The van der Waals surface area contributed by atoms with Gasteiger partial charge in [0.1, 0.15) is 5.69 Å². The van der Waals surface area contributed by atoms with Gasteiger partial charge < -0.3 is 14.5 Å². The first-order valence-corrected chi connectivity index (χ1v) is 11.2. The van der Waals surface area contributed by atoms with Gasteiger partial charge >= 0.3 is 0 Å². The van der Waals surface area contributed by atoms with Crippen molar-refractivity contribution in [2.75, 3.05) is 52.4 Å². The van der Waals surface area contributed by atoms with Crippen molar-refractivity contribution in [3.05, 3.63) is 24.3 Å². The molecule has 0 saturated carbocycles. The number of piperidine rings is 1. The van der Waals surface area contributed by atoms with Gasteiger partial charge in [0.15, 0.2) is 0 Å². The van der Waals surface area contributed by atoms with E-state index in [9.17, 15) is 4.79 Å². The zero-order valence-electron chi connectivity index (χ0n) is 17.9. The van der Waals surface area contributed by atoms with Gasteiger partial charge in [-0.05, 0) is 31.6 Å². The van der Waals surface area contributed by atoms with Crippen LogP contribution in [0.3, 0.4) is 0 Å². The Morgan fingerprint density at radius 3 is 2.59 bits per heavy atom. The maximum Gasteiger partial charge on any atom is 0.274 e. The molecule has 7 nitrogen and oxygen atoms in total. The van der Waals surface area contributed by atoms with Crippen LogP contribution in [0.2, 0.25) is 0 Å². The highest BCUT2D eigenvalue weighted by atomic mass is 16.5. The predicted molar refractivity (Wildman–Crippen MR) is 112 cm³/mol. The number of ether oxygens (including phenoxy) is 1. The van der Waals surface area contributed by atoms with Gasteiger partial charge in [-0.1, -0.05) is 13.8 Å². The van der Waals surface area contributed by atoms with Crippen LogP contribution < -0.4 is 0 Å². The van der Waals surface area contributed by atoms with Crippen LogP contribution >= 0.6 is 0 Å². The zero-order chi connectivity index (χ0) is 20.3. The van der Waals surface area contributed by atoms with E-state index in [2.05, 4.69) is 33.6 Å². The van der Waals surface area contributed by atoms with Gasteiger partial charge in [-0.3, -0.25) is 14.7 Å². The molecule has 3 fully saturated rings. The average Bonchev–Trinajstić information content (AvgIpc) is 2.75. The minimum atomic E-state index is -0.0584. The molecule has 3 aliphatic rings. The van der Waals surface area contributed by atoms with Crippen molar-refractivity contribution in [1.82, 2.24) is 24.7 Å². The maximum atomic E-state index is 12.7. The number of carbonyl (C=O) groups is 1. The number of nitrogens with zero attached hydrogens (tertiary/aromatic N) is 5. The first-order chi connectivity index (χ1) is 14.0. The number of hydrogen-bond acceptors (Lipinski definition) is 6. The van der Waals surface area contributed by atoms with E-state index < -0.39 is 0 Å². The Hall–Kier alpha value is -1.57. The SMILES string of the molecule is CC(C)CN1CCN(C2CCOC3(CCN(C(=O)c4cnccn4)CC3)C2)CC1. The fourth-order valence-corrected chi connectivity index (χ4v) is 5.18. The van der Waals surface area contributed by atoms with Crippen molar-refractivity contribution in [3.8, 4) is 0 Å². The molecule has 1 amide bonds. The molecule has 1 aromatic rings. The smallest absolute Gasteiger partial charge is 0.274 e. The quantitative estimate of drug-likeness (QED) is 0.768. The first-order valence-electron chi connectivity index (χ1n) is 11.2. The van der Waals surface area contributed by atoms with Crippen molar-refractivity contribution in [2.24, 2.45) is 5.92 Å². The molecule has 29 heavy (non-hydrogen) atoms. The summed E-state index contributed by atoms with van der Waals surface area (Å²) in [7, 11) is 0.